The molecule has 0 amide bonds. The third-order valence-electron chi connectivity index (χ3n) is 2.64. The summed E-state index contributed by atoms with van der Waals surface area (Å²) in [6.07, 6.45) is 2.43. The van der Waals surface area contributed by atoms with E-state index >= 15 is 0 Å². The van der Waals surface area contributed by atoms with Crippen LogP contribution in [0.5, 0.6) is 0 Å². The van der Waals surface area contributed by atoms with Crippen molar-refractivity contribution in [1.29, 1.82) is 0 Å². The van der Waals surface area contributed by atoms with Crippen LogP contribution in [-0.4, -0.2) is 37.6 Å². The highest BCUT2D eigenvalue weighted by atomic mass is 15.1. The predicted octanol–water partition coefficient (Wildman–Crippen LogP) is -0.386. The smallest absolute Gasteiger partial charge is 0.0192 e. The summed E-state index contributed by atoms with van der Waals surface area (Å²) in [5, 5.41) is 0. The van der Waals surface area contributed by atoms with Crippen LogP contribution in [0.25, 0.3) is 0 Å². The van der Waals surface area contributed by atoms with Gasteiger partial charge in [0.25, 0.3) is 0 Å². The number of hydrogen-bond donors (Lipinski definition) is 2. The standard InChI is InChI=1S/C8H19N3/c1-11-4-2-7(3-5-11)8(10)6-9/h7-8H,2-6,9-10H2,1H3. The lowest BCUT2D eigenvalue weighted by Gasteiger charge is -2.31. The average Bonchev–Trinajstić information content (AvgIpc) is 2.05. The molecule has 1 aliphatic heterocycles. The van der Waals surface area contributed by atoms with Crippen molar-refractivity contribution >= 4 is 0 Å². The fourth-order valence-electron chi connectivity index (χ4n) is 1.65. The van der Waals surface area contributed by atoms with Gasteiger partial charge >= 0.3 is 0 Å². The van der Waals surface area contributed by atoms with Crippen LogP contribution in [-0.2, 0) is 0 Å². The molecule has 0 aromatic carbocycles. The molecule has 3 nitrogen and oxygen atoms in total. The Morgan fingerprint density at radius 3 is 2.45 bits per heavy atom. The first-order chi connectivity index (χ1) is 5.24. The minimum Gasteiger partial charge on any atom is -0.329 e. The van der Waals surface area contributed by atoms with Gasteiger partial charge in [-0.3, -0.25) is 0 Å². The first kappa shape index (κ1) is 8.97. The zero-order valence-corrected chi connectivity index (χ0v) is 7.29. The summed E-state index contributed by atoms with van der Waals surface area (Å²) in [6, 6.07) is 0.226. The van der Waals surface area contributed by atoms with E-state index in [9.17, 15) is 0 Å². The number of hydrogen-bond acceptors (Lipinski definition) is 3. The molecule has 3 heteroatoms. The molecule has 1 saturated heterocycles. The molecule has 1 fully saturated rings. The van der Waals surface area contributed by atoms with Crippen LogP contribution in [0.1, 0.15) is 12.8 Å². The molecule has 1 heterocycles. The minimum atomic E-state index is 0.226. The molecular formula is C8H19N3. The molecular weight excluding hydrogens is 138 g/mol. The highest BCUT2D eigenvalue weighted by Crippen LogP contribution is 2.17. The summed E-state index contributed by atoms with van der Waals surface area (Å²) >= 11 is 0. The van der Waals surface area contributed by atoms with Gasteiger partial charge in [-0.05, 0) is 38.9 Å². The Labute approximate surface area is 68.7 Å². The number of nitrogens with zero attached hydrogens (tertiary/aromatic N) is 1. The SMILES string of the molecule is CN1CCC(C(N)CN)CC1. The molecule has 0 spiro atoms. The van der Waals surface area contributed by atoms with Gasteiger partial charge in [0.05, 0.1) is 0 Å². The Morgan fingerprint density at radius 1 is 1.45 bits per heavy atom. The first-order valence-electron chi connectivity index (χ1n) is 4.38. The normalized spacial score (nSPS) is 25.4. The Kier molecular flexibility index (Phi) is 3.30. The molecule has 1 rings (SSSR count). The molecule has 0 saturated carbocycles. The van der Waals surface area contributed by atoms with E-state index in [1.165, 1.54) is 25.9 Å². The molecule has 1 atom stereocenters. The second-order valence-corrected chi connectivity index (χ2v) is 3.54. The molecule has 66 valence electrons. The van der Waals surface area contributed by atoms with Crippen LogP contribution in [0.2, 0.25) is 0 Å². The maximum Gasteiger partial charge on any atom is 0.0192 e. The van der Waals surface area contributed by atoms with Crippen LogP contribution in [0.4, 0.5) is 0 Å². The van der Waals surface area contributed by atoms with E-state index in [1.54, 1.807) is 0 Å². The van der Waals surface area contributed by atoms with Gasteiger partial charge in [-0.15, -0.1) is 0 Å². The Balaban J connectivity index is 2.27. The summed E-state index contributed by atoms with van der Waals surface area (Å²) in [4.78, 5) is 2.35. The lowest BCUT2D eigenvalue weighted by Crippen LogP contribution is -2.43. The molecule has 4 N–H and O–H groups in total. The quantitative estimate of drug-likeness (QED) is 0.574. The monoisotopic (exact) mass is 157 g/mol. The van der Waals surface area contributed by atoms with Gasteiger partial charge in [0.2, 0.25) is 0 Å². The fraction of sp³-hybridized carbons (Fsp3) is 1.00. The molecule has 0 aliphatic carbocycles. The third-order valence-corrected chi connectivity index (χ3v) is 2.64. The van der Waals surface area contributed by atoms with E-state index in [0.717, 1.165) is 0 Å². The Hall–Kier alpha value is -0.120. The van der Waals surface area contributed by atoms with Crippen molar-refractivity contribution in [2.75, 3.05) is 26.7 Å². The van der Waals surface area contributed by atoms with Crippen molar-refractivity contribution < 1.29 is 0 Å². The van der Waals surface area contributed by atoms with E-state index in [1.807, 2.05) is 0 Å². The predicted molar refractivity (Wildman–Crippen MR) is 47.3 cm³/mol. The second kappa shape index (κ2) is 4.04. The lowest BCUT2D eigenvalue weighted by molar-refractivity contribution is 0.200. The third kappa shape index (κ3) is 2.43. The molecule has 1 aliphatic rings. The summed E-state index contributed by atoms with van der Waals surface area (Å²) in [7, 11) is 2.16. The summed E-state index contributed by atoms with van der Waals surface area (Å²) in [6.45, 7) is 2.99. The number of likely N-dealkylation sites (tertiary alicyclic amines) is 1. The molecule has 0 aromatic rings. The minimum absolute atomic E-state index is 0.226. The van der Waals surface area contributed by atoms with Gasteiger partial charge in [0.1, 0.15) is 0 Å². The van der Waals surface area contributed by atoms with Crippen molar-refractivity contribution in [3.05, 3.63) is 0 Å². The second-order valence-electron chi connectivity index (χ2n) is 3.54. The van der Waals surface area contributed by atoms with Crippen molar-refractivity contribution in [3.63, 3.8) is 0 Å². The van der Waals surface area contributed by atoms with Crippen LogP contribution in [0.3, 0.4) is 0 Å². The van der Waals surface area contributed by atoms with Gasteiger partial charge < -0.3 is 16.4 Å². The van der Waals surface area contributed by atoms with Gasteiger partial charge in [-0.2, -0.15) is 0 Å². The summed E-state index contributed by atoms with van der Waals surface area (Å²) < 4.78 is 0. The molecule has 1 unspecified atom stereocenters. The average molecular weight is 157 g/mol. The lowest BCUT2D eigenvalue weighted by atomic mass is 9.90. The van der Waals surface area contributed by atoms with E-state index in [0.29, 0.717) is 12.5 Å². The number of nitrogens with two attached hydrogens (primary N) is 2. The zero-order chi connectivity index (χ0) is 8.27. The summed E-state index contributed by atoms with van der Waals surface area (Å²) in [5.41, 5.74) is 11.3. The van der Waals surface area contributed by atoms with Crippen LogP contribution in [0, 0.1) is 5.92 Å². The van der Waals surface area contributed by atoms with Crippen molar-refractivity contribution in [1.82, 2.24) is 4.90 Å². The van der Waals surface area contributed by atoms with Crippen molar-refractivity contribution in [2.45, 2.75) is 18.9 Å². The number of rotatable bonds is 2. The largest absolute Gasteiger partial charge is 0.329 e. The topological polar surface area (TPSA) is 55.3 Å². The Bertz CT molecular complexity index is 108. The van der Waals surface area contributed by atoms with E-state index < -0.39 is 0 Å². The highest BCUT2D eigenvalue weighted by Gasteiger charge is 2.21. The fourth-order valence-corrected chi connectivity index (χ4v) is 1.65. The van der Waals surface area contributed by atoms with E-state index in [-0.39, 0.29) is 6.04 Å². The molecule has 0 radical (unpaired) electrons. The van der Waals surface area contributed by atoms with E-state index in [4.69, 9.17) is 11.5 Å². The molecule has 0 aromatic heterocycles. The van der Waals surface area contributed by atoms with Crippen LogP contribution in [0.15, 0.2) is 0 Å². The van der Waals surface area contributed by atoms with Crippen molar-refractivity contribution in [2.24, 2.45) is 17.4 Å². The maximum absolute atomic E-state index is 5.85. The van der Waals surface area contributed by atoms with Gasteiger partial charge in [0.15, 0.2) is 0 Å². The van der Waals surface area contributed by atoms with E-state index in [2.05, 4.69) is 11.9 Å². The van der Waals surface area contributed by atoms with Crippen LogP contribution >= 0.6 is 0 Å². The van der Waals surface area contributed by atoms with Gasteiger partial charge in [-0.1, -0.05) is 0 Å². The maximum atomic E-state index is 5.85. The highest BCUT2D eigenvalue weighted by molar-refractivity contribution is 4.79. The van der Waals surface area contributed by atoms with Gasteiger partial charge in [0, 0.05) is 12.6 Å². The summed E-state index contributed by atoms with van der Waals surface area (Å²) in [5.74, 6) is 0.663. The van der Waals surface area contributed by atoms with Gasteiger partial charge in [-0.25, -0.2) is 0 Å². The first-order valence-corrected chi connectivity index (χ1v) is 4.38. The zero-order valence-electron chi connectivity index (χ0n) is 7.29. The Morgan fingerprint density at radius 2 is 2.00 bits per heavy atom. The molecule has 11 heavy (non-hydrogen) atoms. The number of piperidine rings is 1. The van der Waals surface area contributed by atoms with Crippen molar-refractivity contribution in [3.8, 4) is 0 Å². The van der Waals surface area contributed by atoms with Crippen LogP contribution < -0.4 is 11.5 Å². The molecule has 0 bridgehead atoms.